The first-order valence-corrected chi connectivity index (χ1v) is 15.2. The number of hydrogen-bond acceptors (Lipinski definition) is 2. The molecule has 39 heavy (non-hydrogen) atoms. The number of nitrogens with one attached hydrogen (secondary N) is 1. The molecule has 0 saturated carbocycles. The summed E-state index contributed by atoms with van der Waals surface area (Å²) in [6.45, 7) is 21.5. The number of fused-ring (bicyclic) bond motifs is 1. The first-order chi connectivity index (χ1) is 18.5. The smallest absolute Gasteiger partial charge is 0.223 e. The van der Waals surface area contributed by atoms with Crippen molar-refractivity contribution in [1.29, 1.82) is 0 Å². The topological polar surface area (TPSA) is 39.3 Å². The molecule has 1 aromatic carbocycles. The van der Waals surface area contributed by atoms with Crippen LogP contribution in [0.5, 0.6) is 0 Å². The van der Waals surface area contributed by atoms with E-state index < -0.39 is 0 Å². The summed E-state index contributed by atoms with van der Waals surface area (Å²) in [5.74, 6) is 1.22. The number of hydrogen-bond donors (Lipinski definition) is 1. The molecule has 1 aromatic heterocycles. The molecule has 0 atom stereocenters. The summed E-state index contributed by atoms with van der Waals surface area (Å²) in [5, 5.41) is 1.34. The van der Waals surface area contributed by atoms with E-state index in [0.29, 0.717) is 24.2 Å². The van der Waals surface area contributed by atoms with Crippen LogP contribution in [0.2, 0.25) is 0 Å². The molecule has 1 aliphatic heterocycles. The van der Waals surface area contributed by atoms with E-state index in [1.54, 1.807) is 0 Å². The number of piperidine rings is 1. The number of nitrogens with zero attached hydrogens (tertiary/aromatic N) is 2. The fourth-order valence-corrected chi connectivity index (χ4v) is 5.84. The maximum absolute atomic E-state index is 12.8. The van der Waals surface area contributed by atoms with Crippen LogP contribution in [0.4, 0.5) is 0 Å². The van der Waals surface area contributed by atoms with E-state index in [9.17, 15) is 4.79 Å². The van der Waals surface area contributed by atoms with Crippen LogP contribution in [0.3, 0.4) is 0 Å². The van der Waals surface area contributed by atoms with Crippen molar-refractivity contribution < 1.29 is 4.79 Å². The third kappa shape index (κ3) is 7.97. The number of rotatable bonds is 11. The van der Waals surface area contributed by atoms with Crippen molar-refractivity contribution >= 4 is 22.4 Å². The molecule has 0 radical (unpaired) electrons. The quantitative estimate of drug-likeness (QED) is 0.294. The Balaban J connectivity index is 1.87. The second-order valence-corrected chi connectivity index (χ2v) is 12.2. The third-order valence-electron chi connectivity index (χ3n) is 8.38. The van der Waals surface area contributed by atoms with Crippen molar-refractivity contribution in [2.24, 2.45) is 0 Å². The Hall–Kier alpha value is -2.59. The molecule has 1 amide bonds. The Morgan fingerprint density at radius 2 is 1.77 bits per heavy atom. The number of likely N-dealkylation sites (tertiary alicyclic amines) is 1. The molecule has 1 N–H and O–H groups in total. The molecule has 3 rings (SSSR count). The third-order valence-corrected chi connectivity index (χ3v) is 8.38. The van der Waals surface area contributed by atoms with Gasteiger partial charge in [-0.15, -0.1) is 0 Å². The van der Waals surface area contributed by atoms with Crippen molar-refractivity contribution in [1.82, 2.24) is 14.8 Å². The van der Waals surface area contributed by atoms with Gasteiger partial charge in [0.15, 0.2) is 0 Å². The molecule has 0 aliphatic carbocycles. The molecule has 2 heterocycles. The van der Waals surface area contributed by atoms with Crippen LogP contribution < -0.4 is 0 Å². The van der Waals surface area contributed by atoms with Gasteiger partial charge in [-0.2, -0.15) is 0 Å². The van der Waals surface area contributed by atoms with Gasteiger partial charge in [0.2, 0.25) is 5.91 Å². The predicted molar refractivity (Wildman–Crippen MR) is 169 cm³/mol. The summed E-state index contributed by atoms with van der Waals surface area (Å²) in [6, 6.07) is 7.03. The van der Waals surface area contributed by atoms with Crippen LogP contribution in [0.1, 0.15) is 116 Å². The summed E-state index contributed by atoms with van der Waals surface area (Å²) in [6.07, 6.45) is 9.58. The van der Waals surface area contributed by atoms with Crippen molar-refractivity contribution in [3.8, 4) is 0 Å². The van der Waals surface area contributed by atoms with E-state index in [4.69, 9.17) is 0 Å². The van der Waals surface area contributed by atoms with Gasteiger partial charge in [0, 0.05) is 42.7 Å². The van der Waals surface area contributed by atoms with Crippen LogP contribution >= 0.6 is 0 Å². The number of aromatic nitrogens is 1. The molecule has 4 nitrogen and oxygen atoms in total. The Bertz CT molecular complexity index is 1210. The summed E-state index contributed by atoms with van der Waals surface area (Å²) in [5.41, 5.74) is 10.6. The van der Waals surface area contributed by atoms with Crippen LogP contribution in [-0.2, 0) is 4.79 Å². The van der Waals surface area contributed by atoms with Gasteiger partial charge in [0.1, 0.15) is 0 Å². The lowest BCUT2D eigenvalue weighted by atomic mass is 9.87. The van der Waals surface area contributed by atoms with E-state index in [-0.39, 0.29) is 0 Å². The Labute approximate surface area is 238 Å². The Morgan fingerprint density at radius 3 is 2.36 bits per heavy atom. The second kappa shape index (κ2) is 14.2. The fraction of sp³-hybridized carbons (Fsp3) is 0.571. The average molecular weight is 532 g/mol. The molecule has 4 heteroatoms. The Kier molecular flexibility index (Phi) is 11.2. The van der Waals surface area contributed by atoms with Gasteiger partial charge in [-0.25, -0.2) is 0 Å². The van der Waals surface area contributed by atoms with Crippen LogP contribution in [0, 0.1) is 0 Å². The highest BCUT2D eigenvalue weighted by Gasteiger charge is 2.25. The number of amides is 1. The van der Waals surface area contributed by atoms with E-state index in [1.807, 2.05) is 0 Å². The van der Waals surface area contributed by atoms with Gasteiger partial charge in [0.05, 0.1) is 0 Å². The van der Waals surface area contributed by atoms with Gasteiger partial charge in [-0.05, 0) is 108 Å². The van der Waals surface area contributed by atoms with Gasteiger partial charge < -0.3 is 14.8 Å². The minimum Gasteiger partial charge on any atom is -0.354 e. The van der Waals surface area contributed by atoms with E-state index in [1.165, 1.54) is 50.0 Å². The number of allylic oxidation sites excluding steroid dienone is 6. The zero-order chi connectivity index (χ0) is 28.7. The number of benzene rings is 1. The van der Waals surface area contributed by atoms with Crippen LogP contribution in [0.25, 0.3) is 16.5 Å². The van der Waals surface area contributed by atoms with Crippen molar-refractivity contribution in [3.05, 3.63) is 63.9 Å². The first-order valence-electron chi connectivity index (χ1n) is 15.2. The normalized spacial score (nSPS) is 15.9. The monoisotopic (exact) mass is 531 g/mol. The molecule has 0 bridgehead atoms. The van der Waals surface area contributed by atoms with Crippen molar-refractivity contribution in [2.75, 3.05) is 33.2 Å². The molecular weight excluding hydrogens is 478 g/mol. The minimum atomic E-state index is 0.311. The van der Waals surface area contributed by atoms with Crippen molar-refractivity contribution in [2.45, 2.75) is 99.3 Å². The molecule has 1 saturated heterocycles. The zero-order valence-corrected chi connectivity index (χ0v) is 26.2. The highest BCUT2D eigenvalue weighted by Crippen LogP contribution is 2.38. The first kappa shape index (κ1) is 30.9. The van der Waals surface area contributed by atoms with Crippen molar-refractivity contribution in [3.63, 3.8) is 0 Å². The van der Waals surface area contributed by atoms with Crippen LogP contribution in [-0.4, -0.2) is 53.9 Å². The second-order valence-electron chi connectivity index (χ2n) is 12.2. The molecule has 0 unspecified atom stereocenters. The summed E-state index contributed by atoms with van der Waals surface area (Å²) >= 11 is 0. The van der Waals surface area contributed by atoms with Gasteiger partial charge in [0.25, 0.3) is 0 Å². The SMILES string of the molecule is CCCN(C)CCC(=O)N1CCC(c2ccc3[nH]c(/C(C=C(C)C)=C/C(C)=C(\C)CC)c(C(C)C)c3c2)CC1. The molecule has 0 spiro atoms. The standard InChI is InChI=1S/C35H53N3O/c1-10-17-37(9)18-16-33(39)38-19-14-28(15-20-38)29-12-13-32-31(23-29)34(25(5)6)35(36-32)30(21-24(3)4)22-27(8)26(7)11-2/h12-13,21-23,25,28,36H,10-11,14-20H2,1-9H3/b27-26+,30-22+. The fourth-order valence-electron chi connectivity index (χ4n) is 5.84. The van der Waals surface area contributed by atoms with Gasteiger partial charge >= 0.3 is 0 Å². The molecule has 214 valence electrons. The summed E-state index contributed by atoms with van der Waals surface area (Å²) < 4.78 is 0. The number of carbonyl (C=O) groups is 1. The van der Waals surface area contributed by atoms with Gasteiger partial charge in [-0.3, -0.25) is 4.79 Å². The van der Waals surface area contributed by atoms with Gasteiger partial charge in [-0.1, -0.05) is 62.6 Å². The van der Waals surface area contributed by atoms with E-state index >= 15 is 0 Å². The molecular formula is C35H53N3O. The molecule has 1 aliphatic rings. The summed E-state index contributed by atoms with van der Waals surface area (Å²) in [4.78, 5) is 21.0. The lowest BCUT2D eigenvalue weighted by Crippen LogP contribution is -2.39. The lowest BCUT2D eigenvalue weighted by molar-refractivity contribution is -0.132. The number of H-pyrrole nitrogens is 1. The van der Waals surface area contributed by atoms with E-state index in [0.717, 1.165) is 51.9 Å². The predicted octanol–water partition coefficient (Wildman–Crippen LogP) is 8.83. The van der Waals surface area contributed by atoms with E-state index in [2.05, 4.69) is 108 Å². The molecule has 1 fully saturated rings. The highest BCUT2D eigenvalue weighted by molar-refractivity contribution is 5.92. The zero-order valence-electron chi connectivity index (χ0n) is 26.2. The maximum Gasteiger partial charge on any atom is 0.223 e. The molecule has 2 aromatic rings. The average Bonchev–Trinajstić information content (AvgIpc) is 3.30. The highest BCUT2D eigenvalue weighted by atomic mass is 16.2. The summed E-state index contributed by atoms with van der Waals surface area (Å²) in [7, 11) is 2.11. The minimum absolute atomic E-state index is 0.311. The Morgan fingerprint density at radius 1 is 1.08 bits per heavy atom. The largest absolute Gasteiger partial charge is 0.354 e. The number of carbonyl (C=O) groups excluding carboxylic acids is 1. The lowest BCUT2D eigenvalue weighted by Gasteiger charge is -2.33. The maximum atomic E-state index is 12.8. The number of aromatic amines is 1. The van der Waals surface area contributed by atoms with Crippen LogP contribution in [0.15, 0.2) is 47.1 Å².